The molecule has 0 bridgehead atoms. The zero-order valence-electron chi connectivity index (χ0n) is 12.2. The highest BCUT2D eigenvalue weighted by Crippen LogP contribution is 2.33. The second kappa shape index (κ2) is 6.43. The molecule has 0 spiro atoms. The van der Waals surface area contributed by atoms with Crippen LogP contribution in [0.5, 0.6) is 17.4 Å². The highest BCUT2D eigenvalue weighted by atomic mass is 16.5. The zero-order valence-corrected chi connectivity index (χ0v) is 12.2. The maximum absolute atomic E-state index is 6.02. The maximum atomic E-state index is 6.02. The van der Waals surface area contributed by atoms with Gasteiger partial charge in [0.1, 0.15) is 0 Å². The number of rotatable bonds is 6. The predicted molar refractivity (Wildman–Crippen MR) is 78.4 cm³/mol. The molecule has 0 aliphatic heterocycles. The molecule has 0 fully saturated rings. The van der Waals surface area contributed by atoms with Crippen LogP contribution in [0.2, 0.25) is 0 Å². The van der Waals surface area contributed by atoms with Crippen LogP contribution in [0.3, 0.4) is 0 Å². The summed E-state index contributed by atoms with van der Waals surface area (Å²) in [6.45, 7) is 5.08. The van der Waals surface area contributed by atoms with Gasteiger partial charge in [0, 0.05) is 12.6 Å². The Balaban J connectivity index is 2.34. The third-order valence-corrected chi connectivity index (χ3v) is 3.04. The van der Waals surface area contributed by atoms with Crippen LogP contribution in [0.25, 0.3) is 0 Å². The molecule has 108 valence electrons. The molecule has 1 heterocycles. The molecule has 0 unspecified atom stereocenters. The lowest BCUT2D eigenvalue weighted by atomic mass is 10.2. The van der Waals surface area contributed by atoms with Crippen molar-refractivity contribution in [3.63, 3.8) is 0 Å². The third kappa shape index (κ3) is 2.93. The van der Waals surface area contributed by atoms with E-state index >= 15 is 0 Å². The van der Waals surface area contributed by atoms with Gasteiger partial charge in [0.25, 0.3) is 0 Å². The first kappa shape index (κ1) is 14.4. The van der Waals surface area contributed by atoms with E-state index in [1.165, 1.54) is 0 Å². The summed E-state index contributed by atoms with van der Waals surface area (Å²) in [5, 5.41) is 4.40. The number of benzene rings is 1. The molecule has 5 nitrogen and oxygen atoms in total. The first-order chi connectivity index (χ1) is 9.67. The summed E-state index contributed by atoms with van der Waals surface area (Å²) in [6, 6.07) is 7.63. The van der Waals surface area contributed by atoms with E-state index in [4.69, 9.17) is 15.2 Å². The molecule has 5 heteroatoms. The fourth-order valence-electron chi connectivity index (χ4n) is 2.15. The van der Waals surface area contributed by atoms with Crippen molar-refractivity contribution in [3.05, 3.63) is 35.5 Å². The normalized spacial score (nSPS) is 10.6. The van der Waals surface area contributed by atoms with Gasteiger partial charge in [-0.1, -0.05) is 12.1 Å². The van der Waals surface area contributed by atoms with Crippen LogP contribution in [0.4, 0.5) is 0 Å². The van der Waals surface area contributed by atoms with E-state index in [0.717, 1.165) is 29.3 Å². The monoisotopic (exact) mass is 275 g/mol. The van der Waals surface area contributed by atoms with Crippen LogP contribution in [-0.2, 0) is 13.5 Å². The first-order valence-corrected chi connectivity index (χ1v) is 6.79. The van der Waals surface area contributed by atoms with Crippen LogP contribution in [-0.4, -0.2) is 22.9 Å². The van der Waals surface area contributed by atoms with Crippen LogP contribution in [0.15, 0.2) is 24.3 Å². The van der Waals surface area contributed by atoms with E-state index in [1.807, 2.05) is 45.2 Å². The molecule has 0 saturated heterocycles. The van der Waals surface area contributed by atoms with E-state index in [2.05, 4.69) is 5.10 Å². The summed E-state index contributed by atoms with van der Waals surface area (Å²) < 4.78 is 13.3. The predicted octanol–water partition coefficient (Wildman–Crippen LogP) is 2.42. The number of aromatic nitrogens is 2. The molecular formula is C15H21N3O2. The second-order valence-corrected chi connectivity index (χ2v) is 4.51. The third-order valence-electron chi connectivity index (χ3n) is 3.04. The standard InChI is InChI=1S/C15H21N3O2/c1-4-19-13-7-5-6-8-14(13)20-15-12(9-10-16)11(2)17-18(15)3/h5-8H,4,9-10,16H2,1-3H3. The molecule has 2 N–H and O–H groups in total. The van der Waals surface area contributed by atoms with Gasteiger partial charge in [0.15, 0.2) is 11.5 Å². The Labute approximate surface area is 119 Å². The number of hydrogen-bond acceptors (Lipinski definition) is 4. The van der Waals surface area contributed by atoms with Gasteiger partial charge in [-0.3, -0.25) is 0 Å². The molecule has 1 aromatic heterocycles. The molecule has 0 aliphatic carbocycles. The largest absolute Gasteiger partial charge is 0.490 e. The van der Waals surface area contributed by atoms with Gasteiger partial charge >= 0.3 is 0 Å². The van der Waals surface area contributed by atoms with Crippen molar-refractivity contribution < 1.29 is 9.47 Å². The van der Waals surface area contributed by atoms with E-state index in [-0.39, 0.29) is 0 Å². The Morgan fingerprint density at radius 2 is 1.95 bits per heavy atom. The van der Waals surface area contributed by atoms with Gasteiger partial charge < -0.3 is 15.2 Å². The van der Waals surface area contributed by atoms with Gasteiger partial charge in [-0.25, -0.2) is 4.68 Å². The number of ether oxygens (including phenoxy) is 2. The Bertz CT molecular complexity index is 578. The van der Waals surface area contributed by atoms with Crippen LogP contribution < -0.4 is 15.2 Å². The minimum absolute atomic E-state index is 0.565. The summed E-state index contributed by atoms with van der Waals surface area (Å²) in [4.78, 5) is 0. The van der Waals surface area contributed by atoms with Crippen molar-refractivity contribution in [3.8, 4) is 17.4 Å². The Hall–Kier alpha value is -2.01. The Kier molecular flexibility index (Phi) is 4.63. The van der Waals surface area contributed by atoms with Crippen molar-refractivity contribution in [1.29, 1.82) is 0 Å². The molecule has 2 rings (SSSR count). The zero-order chi connectivity index (χ0) is 14.5. The topological polar surface area (TPSA) is 62.3 Å². The summed E-state index contributed by atoms with van der Waals surface area (Å²) in [6.07, 6.45) is 0.742. The van der Waals surface area contributed by atoms with Crippen molar-refractivity contribution in [2.45, 2.75) is 20.3 Å². The van der Waals surface area contributed by atoms with E-state index in [1.54, 1.807) is 4.68 Å². The molecule has 0 saturated carbocycles. The SMILES string of the molecule is CCOc1ccccc1Oc1c(CCN)c(C)nn1C. The molecule has 0 aliphatic rings. The lowest BCUT2D eigenvalue weighted by Gasteiger charge is -2.12. The molecule has 0 amide bonds. The average molecular weight is 275 g/mol. The van der Waals surface area contributed by atoms with Crippen molar-refractivity contribution >= 4 is 0 Å². The first-order valence-electron chi connectivity index (χ1n) is 6.79. The lowest BCUT2D eigenvalue weighted by Crippen LogP contribution is -2.05. The smallest absolute Gasteiger partial charge is 0.221 e. The summed E-state index contributed by atoms with van der Waals surface area (Å²) >= 11 is 0. The van der Waals surface area contributed by atoms with Gasteiger partial charge in [-0.15, -0.1) is 0 Å². The van der Waals surface area contributed by atoms with Gasteiger partial charge in [-0.05, 0) is 38.9 Å². The molecular weight excluding hydrogens is 254 g/mol. The van der Waals surface area contributed by atoms with Crippen LogP contribution in [0, 0.1) is 6.92 Å². The highest BCUT2D eigenvalue weighted by Gasteiger charge is 2.16. The minimum Gasteiger partial charge on any atom is -0.490 e. The Morgan fingerprint density at radius 1 is 1.25 bits per heavy atom. The summed E-state index contributed by atoms with van der Waals surface area (Å²) in [5.74, 6) is 2.14. The van der Waals surface area contributed by atoms with Crippen molar-refractivity contribution in [2.75, 3.05) is 13.2 Å². The molecule has 20 heavy (non-hydrogen) atoms. The van der Waals surface area contributed by atoms with Crippen LogP contribution in [0.1, 0.15) is 18.2 Å². The van der Waals surface area contributed by atoms with E-state index in [9.17, 15) is 0 Å². The van der Waals surface area contributed by atoms with Crippen LogP contribution >= 0.6 is 0 Å². The second-order valence-electron chi connectivity index (χ2n) is 4.51. The molecule has 0 radical (unpaired) electrons. The van der Waals surface area contributed by atoms with Gasteiger partial charge in [0.05, 0.1) is 12.3 Å². The fraction of sp³-hybridized carbons (Fsp3) is 0.400. The molecule has 2 aromatic rings. The number of hydrogen-bond donors (Lipinski definition) is 1. The molecule has 1 aromatic carbocycles. The maximum Gasteiger partial charge on any atom is 0.221 e. The number of aryl methyl sites for hydroxylation is 2. The van der Waals surface area contributed by atoms with E-state index in [0.29, 0.717) is 18.9 Å². The number of nitrogens with zero attached hydrogens (tertiary/aromatic N) is 2. The van der Waals surface area contributed by atoms with Gasteiger partial charge in [-0.2, -0.15) is 5.10 Å². The number of para-hydroxylation sites is 2. The quantitative estimate of drug-likeness (QED) is 0.879. The van der Waals surface area contributed by atoms with Crippen molar-refractivity contribution in [1.82, 2.24) is 9.78 Å². The Morgan fingerprint density at radius 3 is 2.60 bits per heavy atom. The number of nitrogens with two attached hydrogens (primary N) is 1. The highest BCUT2D eigenvalue weighted by molar-refractivity contribution is 5.43. The summed E-state index contributed by atoms with van der Waals surface area (Å²) in [5.41, 5.74) is 7.65. The lowest BCUT2D eigenvalue weighted by molar-refractivity contribution is 0.316. The van der Waals surface area contributed by atoms with E-state index < -0.39 is 0 Å². The minimum atomic E-state index is 0.565. The molecule has 0 atom stereocenters. The summed E-state index contributed by atoms with van der Waals surface area (Å²) in [7, 11) is 1.87. The fourth-order valence-corrected chi connectivity index (χ4v) is 2.15. The van der Waals surface area contributed by atoms with Gasteiger partial charge in [0.2, 0.25) is 5.88 Å². The van der Waals surface area contributed by atoms with Crippen molar-refractivity contribution in [2.24, 2.45) is 12.8 Å². The average Bonchev–Trinajstić information content (AvgIpc) is 2.69.